The Kier molecular flexibility index (Phi) is 8.85. The number of hydrogen-bond acceptors (Lipinski definition) is 4. The topological polar surface area (TPSA) is 47.1 Å². The van der Waals surface area contributed by atoms with Gasteiger partial charge in [-0.3, -0.25) is 14.5 Å². The van der Waals surface area contributed by atoms with E-state index in [1.54, 1.807) is 0 Å². The maximum Gasteiger partial charge on any atom is 0.222 e. The lowest BCUT2D eigenvalue weighted by molar-refractivity contribution is -0.131. The number of hydrogen-bond donors (Lipinski definition) is 0. The third-order valence-corrected chi connectivity index (χ3v) is 5.92. The summed E-state index contributed by atoms with van der Waals surface area (Å²) >= 11 is 0. The summed E-state index contributed by atoms with van der Waals surface area (Å²) in [7, 11) is 0. The first kappa shape index (κ1) is 21.2. The molecule has 0 aromatic heterocycles. The van der Waals surface area contributed by atoms with Crippen molar-refractivity contribution in [2.24, 2.45) is 0 Å². The predicted octanol–water partition coefficient (Wildman–Crippen LogP) is 1.65. The molecule has 0 N–H and O–H groups in total. The van der Waals surface area contributed by atoms with Crippen LogP contribution in [-0.2, 0) is 9.59 Å². The molecule has 2 aliphatic heterocycles. The van der Waals surface area contributed by atoms with E-state index in [4.69, 9.17) is 0 Å². The molecule has 2 aliphatic rings. The highest BCUT2D eigenvalue weighted by Gasteiger charge is 2.22. The molecule has 0 unspecified atom stereocenters. The van der Waals surface area contributed by atoms with Crippen molar-refractivity contribution in [3.05, 3.63) is 0 Å². The monoisotopic (exact) mass is 366 g/mol. The van der Waals surface area contributed by atoms with Crippen LogP contribution in [0.15, 0.2) is 0 Å². The highest BCUT2D eigenvalue weighted by molar-refractivity contribution is 5.76. The van der Waals surface area contributed by atoms with Crippen LogP contribution in [0.1, 0.15) is 52.9 Å². The minimum absolute atomic E-state index is 0.287. The molecule has 2 rings (SSSR count). The van der Waals surface area contributed by atoms with Gasteiger partial charge >= 0.3 is 0 Å². The molecule has 0 spiro atoms. The summed E-state index contributed by atoms with van der Waals surface area (Å²) in [5, 5.41) is 0. The number of carbonyl (C=O) groups excluding carboxylic acids is 2. The molecule has 0 aliphatic carbocycles. The zero-order chi connectivity index (χ0) is 18.9. The van der Waals surface area contributed by atoms with E-state index in [0.29, 0.717) is 18.9 Å². The Labute approximate surface area is 159 Å². The Morgan fingerprint density at radius 1 is 0.769 bits per heavy atom. The predicted molar refractivity (Wildman–Crippen MR) is 105 cm³/mol. The Bertz CT molecular complexity index is 457. The van der Waals surface area contributed by atoms with Crippen molar-refractivity contribution in [1.29, 1.82) is 0 Å². The van der Waals surface area contributed by atoms with E-state index in [0.717, 1.165) is 78.2 Å². The molecule has 2 saturated heterocycles. The van der Waals surface area contributed by atoms with Crippen LogP contribution >= 0.6 is 0 Å². The van der Waals surface area contributed by atoms with Crippen LogP contribution in [0.2, 0.25) is 0 Å². The molecule has 0 saturated carbocycles. The van der Waals surface area contributed by atoms with E-state index in [2.05, 4.69) is 16.7 Å². The zero-order valence-electron chi connectivity index (χ0n) is 17.1. The fraction of sp³-hybridized carbons (Fsp3) is 0.900. The van der Waals surface area contributed by atoms with Gasteiger partial charge in [0, 0.05) is 64.7 Å². The maximum atomic E-state index is 11.9. The molecule has 0 radical (unpaired) electrons. The maximum absolute atomic E-state index is 11.9. The molecule has 26 heavy (non-hydrogen) atoms. The van der Waals surface area contributed by atoms with E-state index in [9.17, 15) is 9.59 Å². The number of nitrogens with zero attached hydrogens (tertiary/aromatic N) is 4. The van der Waals surface area contributed by atoms with E-state index in [1.165, 1.54) is 0 Å². The van der Waals surface area contributed by atoms with Crippen LogP contribution in [0.25, 0.3) is 0 Å². The van der Waals surface area contributed by atoms with Gasteiger partial charge in [-0.25, -0.2) is 0 Å². The Balaban J connectivity index is 1.73. The summed E-state index contributed by atoms with van der Waals surface area (Å²) in [4.78, 5) is 33.0. The van der Waals surface area contributed by atoms with Crippen molar-refractivity contribution in [2.75, 3.05) is 58.9 Å². The first-order chi connectivity index (χ1) is 12.5. The molecular formula is C20H38N4O2. The fourth-order valence-corrected chi connectivity index (χ4v) is 4.07. The average molecular weight is 367 g/mol. The Morgan fingerprint density at radius 3 is 1.96 bits per heavy atom. The van der Waals surface area contributed by atoms with Crippen LogP contribution in [0, 0.1) is 0 Å². The number of rotatable bonds is 6. The normalized spacial score (nSPS) is 22.0. The quantitative estimate of drug-likeness (QED) is 0.717. The van der Waals surface area contributed by atoms with Crippen LogP contribution in [-0.4, -0.2) is 96.4 Å². The standard InChI is InChI=1S/C20H38N4O2/c1-4-19(25)23-11-6-9-21(14-15-23)13-8-18(3)22-10-7-12-24(17-16-22)20(26)5-2/h18H,4-17H2,1-3H3/t18-/m1/s1. The second-order valence-corrected chi connectivity index (χ2v) is 7.69. The molecular weight excluding hydrogens is 328 g/mol. The molecule has 6 heteroatoms. The molecule has 0 aromatic carbocycles. The molecule has 1 atom stereocenters. The van der Waals surface area contributed by atoms with Crippen molar-refractivity contribution in [2.45, 2.75) is 58.9 Å². The molecule has 2 heterocycles. The van der Waals surface area contributed by atoms with Gasteiger partial charge in [0.15, 0.2) is 0 Å². The van der Waals surface area contributed by atoms with E-state index < -0.39 is 0 Å². The summed E-state index contributed by atoms with van der Waals surface area (Å²) < 4.78 is 0. The Hall–Kier alpha value is -1.14. The van der Waals surface area contributed by atoms with Crippen molar-refractivity contribution in [3.63, 3.8) is 0 Å². The number of amides is 2. The second-order valence-electron chi connectivity index (χ2n) is 7.69. The average Bonchev–Trinajstić information content (AvgIpc) is 3.05. The van der Waals surface area contributed by atoms with Gasteiger partial charge in [0.1, 0.15) is 0 Å². The highest BCUT2D eigenvalue weighted by atomic mass is 16.2. The van der Waals surface area contributed by atoms with Crippen LogP contribution in [0.5, 0.6) is 0 Å². The van der Waals surface area contributed by atoms with Gasteiger partial charge in [0.05, 0.1) is 0 Å². The van der Waals surface area contributed by atoms with Gasteiger partial charge in [-0.05, 0) is 39.3 Å². The van der Waals surface area contributed by atoms with E-state index in [-0.39, 0.29) is 11.8 Å². The summed E-state index contributed by atoms with van der Waals surface area (Å²) in [6.45, 7) is 15.1. The molecule has 2 fully saturated rings. The summed E-state index contributed by atoms with van der Waals surface area (Å²) in [5.74, 6) is 0.575. The van der Waals surface area contributed by atoms with E-state index in [1.807, 2.05) is 23.6 Å². The van der Waals surface area contributed by atoms with Crippen molar-refractivity contribution in [3.8, 4) is 0 Å². The summed E-state index contributed by atoms with van der Waals surface area (Å²) in [5.41, 5.74) is 0. The molecule has 0 aromatic rings. The molecule has 2 amide bonds. The van der Waals surface area contributed by atoms with Crippen LogP contribution in [0.3, 0.4) is 0 Å². The first-order valence-electron chi connectivity index (χ1n) is 10.6. The van der Waals surface area contributed by atoms with Gasteiger partial charge < -0.3 is 14.7 Å². The second kappa shape index (κ2) is 10.9. The summed E-state index contributed by atoms with van der Waals surface area (Å²) in [6.07, 6.45) is 4.54. The Morgan fingerprint density at radius 2 is 1.35 bits per heavy atom. The minimum Gasteiger partial charge on any atom is -0.341 e. The molecule has 0 bridgehead atoms. The highest BCUT2D eigenvalue weighted by Crippen LogP contribution is 2.12. The van der Waals surface area contributed by atoms with Crippen molar-refractivity contribution < 1.29 is 9.59 Å². The minimum atomic E-state index is 0.287. The lowest BCUT2D eigenvalue weighted by atomic mass is 10.2. The third kappa shape index (κ3) is 6.23. The first-order valence-corrected chi connectivity index (χ1v) is 10.6. The van der Waals surface area contributed by atoms with Crippen LogP contribution in [0.4, 0.5) is 0 Å². The van der Waals surface area contributed by atoms with E-state index >= 15 is 0 Å². The third-order valence-electron chi connectivity index (χ3n) is 5.92. The fourth-order valence-electron chi connectivity index (χ4n) is 4.07. The van der Waals surface area contributed by atoms with Gasteiger partial charge in [-0.2, -0.15) is 0 Å². The summed E-state index contributed by atoms with van der Waals surface area (Å²) in [6, 6.07) is 0.545. The van der Waals surface area contributed by atoms with Crippen molar-refractivity contribution in [1.82, 2.24) is 19.6 Å². The van der Waals surface area contributed by atoms with Gasteiger partial charge in [-0.15, -0.1) is 0 Å². The number of carbonyl (C=O) groups is 2. The lowest BCUT2D eigenvalue weighted by Gasteiger charge is -2.30. The van der Waals surface area contributed by atoms with Crippen molar-refractivity contribution >= 4 is 11.8 Å². The SMILES string of the molecule is CCC(=O)N1CCCN(CC[C@@H](C)N2CCCN(C(=O)CC)CC2)CC1. The van der Waals surface area contributed by atoms with Gasteiger partial charge in [0.2, 0.25) is 11.8 Å². The molecule has 6 nitrogen and oxygen atoms in total. The zero-order valence-corrected chi connectivity index (χ0v) is 17.1. The molecule has 150 valence electrons. The smallest absolute Gasteiger partial charge is 0.222 e. The van der Waals surface area contributed by atoms with Gasteiger partial charge in [-0.1, -0.05) is 13.8 Å². The lowest BCUT2D eigenvalue weighted by Crippen LogP contribution is -2.40. The largest absolute Gasteiger partial charge is 0.341 e. The van der Waals surface area contributed by atoms with Gasteiger partial charge in [0.25, 0.3) is 0 Å². The van der Waals surface area contributed by atoms with Crippen LogP contribution < -0.4 is 0 Å².